The average molecular weight is 165 g/mol. The lowest BCUT2D eigenvalue weighted by Crippen LogP contribution is -2.30. The van der Waals surface area contributed by atoms with Gasteiger partial charge in [0.2, 0.25) is 0 Å². The zero-order chi connectivity index (χ0) is 8.97. The van der Waals surface area contributed by atoms with Crippen molar-refractivity contribution in [1.29, 1.82) is 5.41 Å². The van der Waals surface area contributed by atoms with Crippen LogP contribution in [0.25, 0.3) is 0 Å². The van der Waals surface area contributed by atoms with Gasteiger partial charge in [-0.3, -0.25) is 4.79 Å². The van der Waals surface area contributed by atoms with Crippen LogP contribution in [0.4, 0.5) is 0 Å². The first-order valence-corrected chi connectivity index (χ1v) is 3.82. The van der Waals surface area contributed by atoms with Gasteiger partial charge in [-0.05, 0) is 19.3 Å². The number of carbonyl (C=O) groups is 1. The van der Waals surface area contributed by atoms with E-state index in [-0.39, 0.29) is 11.4 Å². The van der Waals surface area contributed by atoms with Crippen LogP contribution in [0.5, 0.6) is 0 Å². The Kier molecular flexibility index (Phi) is 2.74. The van der Waals surface area contributed by atoms with Crippen molar-refractivity contribution in [2.75, 3.05) is 0 Å². The summed E-state index contributed by atoms with van der Waals surface area (Å²) < 4.78 is 0. The molecule has 64 valence electrons. The van der Waals surface area contributed by atoms with Gasteiger partial charge in [-0.2, -0.15) is 0 Å². The van der Waals surface area contributed by atoms with Gasteiger partial charge in [0.1, 0.15) is 5.71 Å². The number of nitrogens with one attached hydrogen (secondary N) is 1. The Balaban J connectivity index is 2.88. The maximum absolute atomic E-state index is 10.7. The summed E-state index contributed by atoms with van der Waals surface area (Å²) >= 11 is 0. The van der Waals surface area contributed by atoms with Gasteiger partial charge in [0.05, 0.1) is 5.71 Å². The molecule has 1 heterocycles. The van der Waals surface area contributed by atoms with Crippen LogP contribution in [-0.2, 0) is 4.79 Å². The minimum atomic E-state index is -0.619. The Bertz CT molecular complexity index is 265. The summed E-state index contributed by atoms with van der Waals surface area (Å²) in [5.41, 5.74) is 5.36. The molecule has 0 aromatic heterocycles. The largest absolute Gasteiger partial charge is 0.364 e. The number of primary amides is 1. The minimum absolute atomic E-state index is 0.0888. The predicted octanol–water partition coefficient (Wildman–Crippen LogP) is 0.630. The zero-order valence-corrected chi connectivity index (χ0v) is 6.71. The van der Waals surface area contributed by atoms with Gasteiger partial charge in [0.15, 0.2) is 0 Å². The molecule has 0 spiro atoms. The molecule has 4 heteroatoms. The van der Waals surface area contributed by atoms with Crippen molar-refractivity contribution in [1.82, 2.24) is 0 Å². The van der Waals surface area contributed by atoms with E-state index in [4.69, 9.17) is 11.1 Å². The van der Waals surface area contributed by atoms with Crippen molar-refractivity contribution in [2.45, 2.75) is 19.3 Å². The highest BCUT2D eigenvalue weighted by Crippen LogP contribution is 2.03. The van der Waals surface area contributed by atoms with Crippen molar-refractivity contribution >= 4 is 17.3 Å². The first kappa shape index (κ1) is 8.64. The van der Waals surface area contributed by atoms with Crippen LogP contribution in [0, 0.1) is 5.41 Å². The van der Waals surface area contributed by atoms with E-state index >= 15 is 0 Å². The lowest BCUT2D eigenvalue weighted by molar-refractivity contribution is -0.111. The molecule has 1 amide bonds. The summed E-state index contributed by atoms with van der Waals surface area (Å²) in [7, 11) is 0. The Morgan fingerprint density at radius 3 is 3.08 bits per heavy atom. The maximum atomic E-state index is 10.7. The number of rotatable bonds is 1. The monoisotopic (exact) mass is 165 g/mol. The highest BCUT2D eigenvalue weighted by Gasteiger charge is 2.12. The molecule has 0 atom stereocenters. The Hall–Kier alpha value is -1.45. The molecular formula is C8H11N3O. The minimum Gasteiger partial charge on any atom is -0.364 e. The van der Waals surface area contributed by atoms with Crippen LogP contribution >= 0.6 is 0 Å². The molecule has 0 saturated carbocycles. The highest BCUT2D eigenvalue weighted by atomic mass is 16.1. The van der Waals surface area contributed by atoms with E-state index in [0.717, 1.165) is 12.8 Å². The number of carbonyl (C=O) groups excluding carboxylic acids is 1. The molecule has 0 radical (unpaired) electrons. The summed E-state index contributed by atoms with van der Waals surface area (Å²) in [5, 5.41) is 7.45. The second-order valence-electron chi connectivity index (χ2n) is 2.60. The van der Waals surface area contributed by atoms with Crippen molar-refractivity contribution in [3.8, 4) is 0 Å². The molecule has 4 nitrogen and oxygen atoms in total. The van der Waals surface area contributed by atoms with Crippen LogP contribution in [0.2, 0.25) is 0 Å². The molecule has 1 rings (SSSR count). The second-order valence-corrected chi connectivity index (χ2v) is 2.60. The van der Waals surface area contributed by atoms with E-state index in [1.165, 1.54) is 6.20 Å². The van der Waals surface area contributed by atoms with Crippen molar-refractivity contribution in [3.05, 3.63) is 12.3 Å². The van der Waals surface area contributed by atoms with Gasteiger partial charge in [0, 0.05) is 6.20 Å². The van der Waals surface area contributed by atoms with E-state index < -0.39 is 5.91 Å². The van der Waals surface area contributed by atoms with Gasteiger partial charge in [-0.25, -0.2) is 4.99 Å². The van der Waals surface area contributed by atoms with E-state index in [1.54, 1.807) is 0 Å². The summed E-state index contributed by atoms with van der Waals surface area (Å²) in [5.74, 6) is -0.619. The normalized spacial score (nSPS) is 20.7. The van der Waals surface area contributed by atoms with E-state index in [0.29, 0.717) is 6.42 Å². The van der Waals surface area contributed by atoms with Crippen molar-refractivity contribution < 1.29 is 4.79 Å². The lowest BCUT2D eigenvalue weighted by atomic mass is 10.1. The summed E-state index contributed by atoms with van der Waals surface area (Å²) in [6, 6.07) is 0. The van der Waals surface area contributed by atoms with Crippen LogP contribution in [0.3, 0.4) is 0 Å². The fourth-order valence-corrected chi connectivity index (χ4v) is 1.01. The van der Waals surface area contributed by atoms with Crippen molar-refractivity contribution in [2.24, 2.45) is 10.7 Å². The second kappa shape index (κ2) is 3.80. The SMILES string of the molecule is N=C1CCC/C=C\N=C1C(N)=O. The number of aliphatic imine (C=N–C) groups is 1. The van der Waals surface area contributed by atoms with Crippen molar-refractivity contribution in [3.63, 3.8) is 0 Å². The van der Waals surface area contributed by atoms with Gasteiger partial charge in [-0.1, -0.05) is 6.08 Å². The summed E-state index contributed by atoms with van der Waals surface area (Å²) in [6.07, 6.45) is 5.76. The quantitative estimate of drug-likeness (QED) is 0.587. The lowest BCUT2D eigenvalue weighted by Gasteiger charge is -2.04. The Morgan fingerprint density at radius 1 is 1.67 bits per heavy atom. The standard InChI is InChI=1S/C8H11N3O/c9-6-4-2-1-3-5-11-7(6)8(10)12/h3,5,9H,1-2,4H2,(H2,10,12)/b5-3-,9-6?,11-7?. The molecule has 0 aromatic carbocycles. The topological polar surface area (TPSA) is 79.3 Å². The van der Waals surface area contributed by atoms with Gasteiger partial charge in [0.25, 0.3) is 5.91 Å². The van der Waals surface area contributed by atoms with E-state index in [1.807, 2.05) is 6.08 Å². The third kappa shape index (κ3) is 2.02. The first-order chi connectivity index (χ1) is 5.72. The zero-order valence-electron chi connectivity index (χ0n) is 6.71. The number of allylic oxidation sites excluding steroid dienone is 1. The molecular weight excluding hydrogens is 154 g/mol. The molecule has 0 bridgehead atoms. The molecule has 0 unspecified atom stereocenters. The average Bonchev–Trinajstić information content (AvgIpc) is 1.96. The molecule has 0 saturated heterocycles. The first-order valence-electron chi connectivity index (χ1n) is 3.82. The number of nitrogens with zero attached hydrogens (tertiary/aromatic N) is 1. The van der Waals surface area contributed by atoms with Crippen LogP contribution in [0.15, 0.2) is 17.3 Å². The summed E-state index contributed by atoms with van der Waals surface area (Å²) in [6.45, 7) is 0. The molecule has 0 aliphatic carbocycles. The predicted molar refractivity (Wildman–Crippen MR) is 47.3 cm³/mol. The van der Waals surface area contributed by atoms with Crippen LogP contribution in [-0.4, -0.2) is 17.3 Å². The number of amides is 1. The molecule has 0 aromatic rings. The Labute approximate surface area is 70.7 Å². The molecule has 0 fully saturated rings. The van der Waals surface area contributed by atoms with Crippen LogP contribution in [0.1, 0.15) is 19.3 Å². The molecule has 12 heavy (non-hydrogen) atoms. The van der Waals surface area contributed by atoms with Crippen LogP contribution < -0.4 is 5.73 Å². The van der Waals surface area contributed by atoms with Gasteiger partial charge >= 0.3 is 0 Å². The number of nitrogens with two attached hydrogens (primary N) is 1. The van der Waals surface area contributed by atoms with Gasteiger partial charge in [-0.15, -0.1) is 0 Å². The molecule has 3 N–H and O–H groups in total. The third-order valence-electron chi connectivity index (χ3n) is 1.63. The fraction of sp³-hybridized carbons (Fsp3) is 0.375. The Morgan fingerprint density at radius 2 is 2.42 bits per heavy atom. The number of hydrogen-bond donors (Lipinski definition) is 2. The van der Waals surface area contributed by atoms with E-state index in [2.05, 4.69) is 4.99 Å². The molecule has 1 aliphatic heterocycles. The third-order valence-corrected chi connectivity index (χ3v) is 1.63. The van der Waals surface area contributed by atoms with E-state index in [9.17, 15) is 4.79 Å². The smallest absolute Gasteiger partial charge is 0.269 e. The highest BCUT2D eigenvalue weighted by molar-refractivity contribution is 6.66. The van der Waals surface area contributed by atoms with Gasteiger partial charge < -0.3 is 11.1 Å². The summed E-state index contributed by atoms with van der Waals surface area (Å²) in [4.78, 5) is 14.5. The fourth-order valence-electron chi connectivity index (χ4n) is 1.01. The molecule has 1 aliphatic rings. The maximum Gasteiger partial charge on any atom is 0.269 e. The number of hydrogen-bond acceptors (Lipinski definition) is 3.